The van der Waals surface area contributed by atoms with Crippen LogP contribution < -0.4 is 4.74 Å². The molecule has 0 aromatic heterocycles. The Hall–Kier alpha value is -2.67. The summed E-state index contributed by atoms with van der Waals surface area (Å²) in [5, 5.41) is 8.87. The number of alkyl halides is 2. The number of benzene rings is 2. The first-order chi connectivity index (χ1) is 11.4. The summed E-state index contributed by atoms with van der Waals surface area (Å²) in [6, 6.07) is 8.10. The quantitative estimate of drug-likeness (QED) is 0.623. The molecule has 0 heterocycles. The summed E-state index contributed by atoms with van der Waals surface area (Å²) >= 11 is 0. The minimum Gasteiger partial charge on any atom is -0.435 e. The van der Waals surface area contributed by atoms with E-state index in [4.69, 9.17) is 5.11 Å². The van der Waals surface area contributed by atoms with Crippen molar-refractivity contribution in [3.05, 3.63) is 65.0 Å². The van der Waals surface area contributed by atoms with Crippen LogP contribution in [0.3, 0.4) is 0 Å². The maximum atomic E-state index is 13.5. The van der Waals surface area contributed by atoms with Crippen LogP contribution in [0.5, 0.6) is 5.75 Å². The summed E-state index contributed by atoms with van der Waals surface area (Å²) in [5.41, 5.74) is 0.101. The van der Waals surface area contributed by atoms with Gasteiger partial charge in [-0.1, -0.05) is 0 Å². The van der Waals surface area contributed by atoms with Crippen molar-refractivity contribution < 1.29 is 32.6 Å². The average molecular weight is 338 g/mol. The van der Waals surface area contributed by atoms with Crippen LogP contribution in [0.25, 0.3) is 0 Å². The van der Waals surface area contributed by atoms with Gasteiger partial charge in [-0.05, 0) is 54.4 Å². The summed E-state index contributed by atoms with van der Waals surface area (Å²) in [5.74, 6) is -2.44. The predicted molar refractivity (Wildman–Crippen MR) is 78.9 cm³/mol. The van der Waals surface area contributed by atoms with Gasteiger partial charge in [-0.25, -0.2) is 4.39 Å². The number of aliphatic hydroxyl groups excluding tert-OH is 1. The molecule has 0 fully saturated rings. The molecule has 2 aromatic carbocycles. The Bertz CT molecular complexity index is 742. The lowest BCUT2D eigenvalue weighted by molar-refractivity contribution is -0.0498. The van der Waals surface area contributed by atoms with E-state index in [-0.39, 0.29) is 35.5 Å². The highest BCUT2D eigenvalue weighted by molar-refractivity contribution is 6.49. The van der Waals surface area contributed by atoms with Gasteiger partial charge in [0.1, 0.15) is 11.6 Å². The molecule has 2 rings (SSSR count). The van der Waals surface area contributed by atoms with Crippen molar-refractivity contribution in [2.45, 2.75) is 13.0 Å². The van der Waals surface area contributed by atoms with Crippen LogP contribution in [0.1, 0.15) is 26.3 Å². The van der Waals surface area contributed by atoms with Crippen LogP contribution in [-0.4, -0.2) is 29.9 Å². The van der Waals surface area contributed by atoms with E-state index in [0.717, 1.165) is 18.2 Å². The average Bonchev–Trinajstić information content (AvgIpc) is 2.56. The zero-order valence-electron chi connectivity index (χ0n) is 12.3. The number of aliphatic hydroxyl groups is 1. The molecule has 0 aliphatic rings. The third kappa shape index (κ3) is 4.20. The largest absolute Gasteiger partial charge is 0.435 e. The Labute approximate surface area is 135 Å². The van der Waals surface area contributed by atoms with Crippen molar-refractivity contribution in [3.8, 4) is 5.75 Å². The summed E-state index contributed by atoms with van der Waals surface area (Å²) in [4.78, 5) is 24.3. The molecule has 1 N–H and O–H groups in total. The lowest BCUT2D eigenvalue weighted by Gasteiger charge is -2.06. The minimum absolute atomic E-state index is 0.00495. The maximum absolute atomic E-state index is 13.5. The van der Waals surface area contributed by atoms with Crippen molar-refractivity contribution in [2.24, 2.45) is 0 Å². The second-order valence-electron chi connectivity index (χ2n) is 4.84. The number of Topliss-reactive ketones (excluding diaryl/α,β-unsaturated/α-hetero) is 2. The molecule has 0 unspecified atom stereocenters. The van der Waals surface area contributed by atoms with E-state index in [0.29, 0.717) is 0 Å². The van der Waals surface area contributed by atoms with Gasteiger partial charge in [0.25, 0.3) is 0 Å². The number of hydrogen-bond acceptors (Lipinski definition) is 4. The van der Waals surface area contributed by atoms with Gasteiger partial charge >= 0.3 is 6.61 Å². The highest BCUT2D eigenvalue weighted by Gasteiger charge is 2.20. The summed E-state index contributed by atoms with van der Waals surface area (Å²) in [7, 11) is 0. The Morgan fingerprint density at radius 1 is 1.00 bits per heavy atom. The van der Waals surface area contributed by atoms with E-state index in [1.807, 2.05) is 0 Å². The first-order valence-corrected chi connectivity index (χ1v) is 6.95. The number of carbonyl (C=O) groups excluding carboxylic acids is 2. The van der Waals surface area contributed by atoms with E-state index < -0.39 is 24.0 Å². The number of ketones is 2. The fourth-order valence-corrected chi connectivity index (χ4v) is 2.08. The van der Waals surface area contributed by atoms with E-state index in [1.54, 1.807) is 0 Å². The number of hydrogen-bond donors (Lipinski definition) is 1. The van der Waals surface area contributed by atoms with Crippen LogP contribution >= 0.6 is 0 Å². The molecule has 0 spiro atoms. The number of halogens is 3. The molecule has 0 aliphatic carbocycles. The zero-order valence-corrected chi connectivity index (χ0v) is 12.3. The number of rotatable bonds is 7. The van der Waals surface area contributed by atoms with Crippen LogP contribution in [0.15, 0.2) is 42.5 Å². The standard InChI is InChI=1S/C17H13F3O4/c18-14-6-3-12(9-11(14)7-8-21)16(23)15(22)10-1-4-13(5-2-10)24-17(19)20/h1-6,9,17,21H,7-8H2. The van der Waals surface area contributed by atoms with Gasteiger partial charge in [0, 0.05) is 17.7 Å². The van der Waals surface area contributed by atoms with Crippen LogP contribution in [0.2, 0.25) is 0 Å². The van der Waals surface area contributed by atoms with Crippen molar-refractivity contribution in [1.29, 1.82) is 0 Å². The lowest BCUT2D eigenvalue weighted by atomic mass is 9.99. The second-order valence-corrected chi connectivity index (χ2v) is 4.84. The molecule has 4 nitrogen and oxygen atoms in total. The Kier molecular flexibility index (Phi) is 5.70. The molecule has 0 bridgehead atoms. The molecule has 0 aliphatic heterocycles. The van der Waals surface area contributed by atoms with Gasteiger partial charge in [-0.15, -0.1) is 0 Å². The summed E-state index contributed by atoms with van der Waals surface area (Å²) in [6.45, 7) is -3.29. The van der Waals surface area contributed by atoms with Crippen LogP contribution in [0.4, 0.5) is 13.2 Å². The first-order valence-electron chi connectivity index (χ1n) is 6.95. The fourth-order valence-electron chi connectivity index (χ4n) is 2.08. The minimum atomic E-state index is -2.99. The van der Waals surface area contributed by atoms with E-state index >= 15 is 0 Å². The molecule has 0 amide bonds. The van der Waals surface area contributed by atoms with Crippen molar-refractivity contribution >= 4 is 11.6 Å². The molecule has 0 atom stereocenters. The van der Waals surface area contributed by atoms with E-state index in [2.05, 4.69) is 4.74 Å². The summed E-state index contributed by atoms with van der Waals surface area (Å²) in [6.07, 6.45) is 0.0147. The predicted octanol–water partition coefficient (Wildman–Crippen LogP) is 3.03. The highest BCUT2D eigenvalue weighted by atomic mass is 19.3. The van der Waals surface area contributed by atoms with Gasteiger partial charge < -0.3 is 9.84 Å². The van der Waals surface area contributed by atoms with Crippen LogP contribution in [-0.2, 0) is 6.42 Å². The Morgan fingerprint density at radius 2 is 1.58 bits per heavy atom. The van der Waals surface area contributed by atoms with E-state index in [1.165, 1.54) is 24.3 Å². The molecule has 126 valence electrons. The lowest BCUT2D eigenvalue weighted by Crippen LogP contribution is -2.15. The highest BCUT2D eigenvalue weighted by Crippen LogP contribution is 2.18. The second kappa shape index (κ2) is 7.74. The topological polar surface area (TPSA) is 63.6 Å². The molecule has 0 saturated carbocycles. The van der Waals surface area contributed by atoms with Crippen molar-refractivity contribution in [3.63, 3.8) is 0 Å². The molecule has 0 radical (unpaired) electrons. The van der Waals surface area contributed by atoms with Gasteiger partial charge in [0.2, 0.25) is 11.6 Å². The van der Waals surface area contributed by atoms with Crippen molar-refractivity contribution in [1.82, 2.24) is 0 Å². The Morgan fingerprint density at radius 3 is 2.17 bits per heavy atom. The van der Waals surface area contributed by atoms with Gasteiger partial charge in [-0.2, -0.15) is 8.78 Å². The van der Waals surface area contributed by atoms with Crippen LogP contribution in [0, 0.1) is 5.82 Å². The number of carbonyl (C=O) groups is 2. The zero-order chi connectivity index (χ0) is 17.7. The molecular formula is C17H13F3O4. The Balaban J connectivity index is 2.20. The molecule has 2 aromatic rings. The van der Waals surface area contributed by atoms with Gasteiger partial charge in [0.15, 0.2) is 0 Å². The molecule has 7 heteroatoms. The molecule has 0 saturated heterocycles. The summed E-state index contributed by atoms with van der Waals surface area (Å²) < 4.78 is 41.8. The third-order valence-electron chi connectivity index (χ3n) is 3.24. The molecular weight excluding hydrogens is 325 g/mol. The smallest absolute Gasteiger partial charge is 0.387 e. The maximum Gasteiger partial charge on any atom is 0.387 e. The normalized spacial score (nSPS) is 10.7. The first kappa shape index (κ1) is 17.7. The van der Waals surface area contributed by atoms with Gasteiger partial charge in [0.05, 0.1) is 0 Å². The SMILES string of the molecule is O=C(C(=O)c1ccc(F)c(CCO)c1)c1ccc(OC(F)F)cc1. The third-order valence-corrected chi connectivity index (χ3v) is 3.24. The monoisotopic (exact) mass is 338 g/mol. The van der Waals surface area contributed by atoms with Gasteiger partial charge in [-0.3, -0.25) is 9.59 Å². The van der Waals surface area contributed by atoms with E-state index in [9.17, 15) is 22.8 Å². The fraction of sp³-hybridized carbons (Fsp3) is 0.176. The van der Waals surface area contributed by atoms with Crippen molar-refractivity contribution in [2.75, 3.05) is 6.61 Å². The number of ether oxygens (including phenoxy) is 1. The molecule has 24 heavy (non-hydrogen) atoms.